The smallest absolute Gasteiger partial charge is 0.376 e. The summed E-state index contributed by atoms with van der Waals surface area (Å²) >= 11 is 0. The van der Waals surface area contributed by atoms with Crippen molar-refractivity contribution in [2.45, 2.75) is 39.0 Å². The summed E-state index contributed by atoms with van der Waals surface area (Å²) in [7, 11) is 0. The number of carbonyl (C=O) groups excluding carboxylic acids is 4. The average molecular weight is 591 g/mol. The Bertz CT molecular complexity index is 1350. The second kappa shape index (κ2) is 14.8. The highest BCUT2D eigenvalue weighted by molar-refractivity contribution is 5.93. The molecule has 4 aromatic carbocycles. The van der Waals surface area contributed by atoms with Crippen LogP contribution in [0.5, 0.6) is 0 Å². The molecule has 5 rings (SSSR count). The van der Waals surface area contributed by atoms with Crippen LogP contribution in [0.3, 0.4) is 0 Å². The van der Waals surface area contributed by atoms with E-state index in [1.807, 2.05) is 121 Å². The fourth-order valence-electron chi connectivity index (χ4n) is 5.10. The maximum absolute atomic E-state index is 13.2. The number of ether oxygens (including phenoxy) is 2. The van der Waals surface area contributed by atoms with E-state index in [-0.39, 0.29) is 26.2 Å². The molecule has 1 aliphatic rings. The number of carbonyl (C=O) groups is 4. The molecule has 2 amide bonds. The number of benzene rings is 4. The standard InChI is InChI=1S/C36H34N2O6/c39-33(43-35(41)37(23-27-13-5-1-6-14-27)24-28-15-7-2-8-16-28)31-21-22-32(31)34(40)44-36(42)38(25-29-17-9-3-10-18-29)26-30-19-11-4-12-20-30/h1-20,31-32H,21-26H2. The minimum absolute atomic E-state index is 0.241. The van der Waals surface area contributed by atoms with Crippen molar-refractivity contribution in [1.29, 1.82) is 0 Å². The lowest BCUT2D eigenvalue weighted by molar-refractivity contribution is -0.161. The maximum Gasteiger partial charge on any atom is 0.418 e. The Morgan fingerprint density at radius 2 is 0.705 bits per heavy atom. The van der Waals surface area contributed by atoms with E-state index in [0.29, 0.717) is 12.8 Å². The van der Waals surface area contributed by atoms with Crippen LogP contribution in [0.2, 0.25) is 0 Å². The minimum Gasteiger partial charge on any atom is -0.376 e. The molecule has 0 spiro atoms. The predicted molar refractivity (Wildman–Crippen MR) is 163 cm³/mol. The summed E-state index contributed by atoms with van der Waals surface area (Å²) in [6.07, 6.45) is -0.880. The third-order valence-electron chi connectivity index (χ3n) is 7.64. The van der Waals surface area contributed by atoms with Crippen LogP contribution in [0.1, 0.15) is 35.1 Å². The topological polar surface area (TPSA) is 93.2 Å². The molecule has 2 atom stereocenters. The van der Waals surface area contributed by atoms with Crippen LogP contribution in [0.25, 0.3) is 0 Å². The monoisotopic (exact) mass is 590 g/mol. The Hall–Kier alpha value is -5.24. The molecule has 1 aliphatic carbocycles. The quantitative estimate of drug-likeness (QED) is 0.150. The predicted octanol–water partition coefficient (Wildman–Crippen LogP) is 6.74. The highest BCUT2D eigenvalue weighted by atomic mass is 16.6. The summed E-state index contributed by atoms with van der Waals surface area (Å²) in [6.45, 7) is 0.965. The summed E-state index contributed by atoms with van der Waals surface area (Å²) < 4.78 is 10.6. The van der Waals surface area contributed by atoms with E-state index in [0.717, 1.165) is 22.3 Å². The van der Waals surface area contributed by atoms with Gasteiger partial charge in [0.2, 0.25) is 0 Å². The van der Waals surface area contributed by atoms with Crippen LogP contribution in [-0.2, 0) is 45.2 Å². The summed E-state index contributed by atoms with van der Waals surface area (Å²) in [6, 6.07) is 37.7. The minimum atomic E-state index is -0.869. The van der Waals surface area contributed by atoms with E-state index in [2.05, 4.69) is 0 Å². The Morgan fingerprint density at radius 3 is 0.932 bits per heavy atom. The number of nitrogens with zero attached hydrogens (tertiary/aromatic N) is 2. The normalized spacial score (nSPS) is 15.4. The Morgan fingerprint density at radius 1 is 0.455 bits per heavy atom. The number of hydrogen-bond donors (Lipinski definition) is 0. The fraction of sp³-hybridized carbons (Fsp3) is 0.222. The van der Waals surface area contributed by atoms with Gasteiger partial charge < -0.3 is 9.47 Å². The van der Waals surface area contributed by atoms with Crippen molar-refractivity contribution in [1.82, 2.24) is 9.80 Å². The molecular formula is C36H34N2O6. The molecule has 1 fully saturated rings. The van der Waals surface area contributed by atoms with Crippen molar-refractivity contribution in [3.05, 3.63) is 144 Å². The average Bonchev–Trinajstić information content (AvgIpc) is 3.02. The lowest BCUT2D eigenvalue weighted by Crippen LogP contribution is -2.44. The molecule has 0 bridgehead atoms. The van der Waals surface area contributed by atoms with Gasteiger partial charge in [-0.25, -0.2) is 9.59 Å². The molecule has 44 heavy (non-hydrogen) atoms. The second-order valence-electron chi connectivity index (χ2n) is 10.8. The van der Waals surface area contributed by atoms with Gasteiger partial charge in [0.05, 0.1) is 11.8 Å². The molecule has 0 heterocycles. The van der Waals surface area contributed by atoms with Crippen LogP contribution in [0.15, 0.2) is 121 Å². The first-order valence-electron chi connectivity index (χ1n) is 14.6. The van der Waals surface area contributed by atoms with Crippen molar-refractivity contribution in [2.24, 2.45) is 11.8 Å². The summed E-state index contributed by atoms with van der Waals surface area (Å²) in [4.78, 5) is 55.5. The van der Waals surface area contributed by atoms with Gasteiger partial charge in [-0.3, -0.25) is 19.4 Å². The highest BCUT2D eigenvalue weighted by Crippen LogP contribution is 2.36. The van der Waals surface area contributed by atoms with E-state index in [1.165, 1.54) is 9.80 Å². The van der Waals surface area contributed by atoms with E-state index < -0.39 is 36.0 Å². The van der Waals surface area contributed by atoms with Gasteiger partial charge >= 0.3 is 24.1 Å². The van der Waals surface area contributed by atoms with E-state index in [4.69, 9.17) is 9.47 Å². The van der Waals surface area contributed by atoms with Gasteiger partial charge in [0.1, 0.15) is 0 Å². The van der Waals surface area contributed by atoms with Crippen molar-refractivity contribution >= 4 is 24.1 Å². The maximum atomic E-state index is 13.2. The molecule has 2 unspecified atom stereocenters. The Labute approximate surface area is 256 Å². The number of rotatable bonds is 10. The van der Waals surface area contributed by atoms with Crippen LogP contribution in [0.4, 0.5) is 9.59 Å². The molecule has 0 aliphatic heterocycles. The first-order chi connectivity index (χ1) is 21.5. The molecule has 0 aromatic heterocycles. The molecule has 0 N–H and O–H groups in total. The van der Waals surface area contributed by atoms with Gasteiger partial charge in [-0.1, -0.05) is 121 Å². The lowest BCUT2D eigenvalue weighted by Gasteiger charge is -2.33. The number of esters is 2. The molecule has 0 radical (unpaired) electrons. The van der Waals surface area contributed by atoms with Gasteiger partial charge in [-0.15, -0.1) is 0 Å². The van der Waals surface area contributed by atoms with Gasteiger partial charge in [0, 0.05) is 26.2 Å². The number of hydrogen-bond acceptors (Lipinski definition) is 6. The van der Waals surface area contributed by atoms with Crippen LogP contribution in [0, 0.1) is 11.8 Å². The molecular weight excluding hydrogens is 556 g/mol. The summed E-state index contributed by atoms with van der Waals surface area (Å²) in [5.74, 6) is -3.34. The first kappa shape index (κ1) is 30.2. The van der Waals surface area contributed by atoms with Crippen molar-refractivity contribution in [3.63, 3.8) is 0 Å². The van der Waals surface area contributed by atoms with Gasteiger partial charge in [-0.05, 0) is 35.1 Å². The summed E-state index contributed by atoms with van der Waals surface area (Å²) in [5, 5.41) is 0. The Balaban J connectivity index is 1.21. The van der Waals surface area contributed by atoms with Crippen molar-refractivity contribution in [2.75, 3.05) is 0 Å². The van der Waals surface area contributed by atoms with E-state index in [9.17, 15) is 19.2 Å². The van der Waals surface area contributed by atoms with E-state index >= 15 is 0 Å². The first-order valence-corrected chi connectivity index (χ1v) is 14.6. The molecule has 1 saturated carbocycles. The van der Waals surface area contributed by atoms with Gasteiger partial charge in [0.25, 0.3) is 0 Å². The van der Waals surface area contributed by atoms with Crippen molar-refractivity contribution in [3.8, 4) is 0 Å². The van der Waals surface area contributed by atoms with Gasteiger partial charge in [-0.2, -0.15) is 0 Å². The molecule has 4 aromatic rings. The zero-order valence-electron chi connectivity index (χ0n) is 24.3. The lowest BCUT2D eigenvalue weighted by atomic mass is 9.74. The van der Waals surface area contributed by atoms with Crippen LogP contribution >= 0.6 is 0 Å². The zero-order chi connectivity index (χ0) is 30.7. The third-order valence-corrected chi connectivity index (χ3v) is 7.64. The molecule has 0 saturated heterocycles. The fourth-order valence-corrected chi connectivity index (χ4v) is 5.10. The molecule has 224 valence electrons. The largest absolute Gasteiger partial charge is 0.418 e. The number of amides is 2. The van der Waals surface area contributed by atoms with Gasteiger partial charge in [0.15, 0.2) is 0 Å². The SMILES string of the molecule is O=C(OC(=O)N(Cc1ccccc1)Cc1ccccc1)C1CCC1C(=O)OC(=O)N(Cc1ccccc1)Cc1ccccc1. The third kappa shape index (κ3) is 8.19. The van der Waals surface area contributed by atoms with Crippen LogP contribution < -0.4 is 0 Å². The highest BCUT2D eigenvalue weighted by Gasteiger charge is 2.45. The second-order valence-corrected chi connectivity index (χ2v) is 10.8. The molecule has 8 heteroatoms. The van der Waals surface area contributed by atoms with Crippen molar-refractivity contribution < 1.29 is 28.7 Å². The zero-order valence-corrected chi connectivity index (χ0v) is 24.3. The summed E-state index contributed by atoms with van der Waals surface area (Å²) in [5.41, 5.74) is 3.53. The van der Waals surface area contributed by atoms with E-state index in [1.54, 1.807) is 0 Å². The Kier molecular flexibility index (Phi) is 10.2. The van der Waals surface area contributed by atoms with Crippen LogP contribution in [-0.4, -0.2) is 33.9 Å². The molecule has 8 nitrogen and oxygen atoms in total.